The molecule has 1 fully saturated rings. The average Bonchev–Trinajstić information content (AvgIpc) is 2.42. The van der Waals surface area contributed by atoms with Gasteiger partial charge in [0.1, 0.15) is 0 Å². The van der Waals surface area contributed by atoms with Gasteiger partial charge in [-0.3, -0.25) is 0 Å². The van der Waals surface area contributed by atoms with Crippen LogP contribution in [-0.2, 0) is 0 Å². The lowest BCUT2D eigenvalue weighted by Crippen LogP contribution is -2.35. The second-order valence-electron chi connectivity index (χ2n) is 7.73. The maximum Gasteiger partial charge on any atom is -0.00160 e. The highest BCUT2D eigenvalue weighted by Crippen LogP contribution is 2.24. The number of hydrogen-bond donors (Lipinski definition) is 0. The fourth-order valence-electron chi connectivity index (χ4n) is 3.44. The van der Waals surface area contributed by atoms with Crippen molar-refractivity contribution >= 4 is 0 Å². The minimum atomic E-state index is 0.892. The van der Waals surface area contributed by atoms with E-state index in [1.807, 2.05) is 0 Å². The highest BCUT2D eigenvalue weighted by molar-refractivity contribution is 4.74. The van der Waals surface area contributed by atoms with E-state index in [1.165, 1.54) is 77.4 Å². The number of unbranched alkanes of at least 4 members (excludes halogenated alkanes) is 5. The molecule has 120 valence electrons. The van der Waals surface area contributed by atoms with Gasteiger partial charge in [0.25, 0.3) is 0 Å². The van der Waals surface area contributed by atoms with Gasteiger partial charge in [-0.1, -0.05) is 66.2 Å². The smallest absolute Gasteiger partial charge is 0.00160 e. The summed E-state index contributed by atoms with van der Waals surface area (Å²) in [5.74, 6) is 2.78. The molecular formula is C19H39N. The Kier molecular flexibility index (Phi) is 9.59. The molecule has 0 bridgehead atoms. The van der Waals surface area contributed by atoms with Gasteiger partial charge < -0.3 is 4.90 Å². The first-order chi connectivity index (χ1) is 9.59. The van der Waals surface area contributed by atoms with Crippen molar-refractivity contribution in [3.8, 4) is 0 Å². The van der Waals surface area contributed by atoms with Crippen LogP contribution < -0.4 is 0 Å². The van der Waals surface area contributed by atoms with E-state index < -0.39 is 0 Å². The second kappa shape index (κ2) is 10.7. The Hall–Kier alpha value is -0.0400. The average molecular weight is 282 g/mol. The third kappa shape index (κ3) is 8.29. The lowest BCUT2D eigenvalue weighted by Gasteiger charge is -2.33. The Morgan fingerprint density at radius 2 is 1.35 bits per heavy atom. The molecule has 0 aromatic heterocycles. The molecule has 1 saturated heterocycles. The van der Waals surface area contributed by atoms with E-state index in [-0.39, 0.29) is 0 Å². The highest BCUT2D eigenvalue weighted by atomic mass is 15.1. The van der Waals surface area contributed by atoms with Crippen LogP contribution in [0.5, 0.6) is 0 Å². The molecular weight excluding hydrogens is 242 g/mol. The Balaban J connectivity index is 1.88. The summed E-state index contributed by atoms with van der Waals surface area (Å²) in [6.07, 6.45) is 13.0. The van der Waals surface area contributed by atoms with Crippen LogP contribution in [0, 0.1) is 17.8 Å². The topological polar surface area (TPSA) is 3.24 Å². The van der Waals surface area contributed by atoms with E-state index in [0.717, 1.165) is 17.8 Å². The largest absolute Gasteiger partial charge is 0.303 e. The summed E-state index contributed by atoms with van der Waals surface area (Å²) in [6, 6.07) is 0. The van der Waals surface area contributed by atoms with E-state index in [2.05, 4.69) is 32.6 Å². The van der Waals surface area contributed by atoms with Crippen molar-refractivity contribution in [3.05, 3.63) is 0 Å². The molecule has 0 saturated carbocycles. The first kappa shape index (κ1) is 18.0. The molecule has 0 spiro atoms. The van der Waals surface area contributed by atoms with Gasteiger partial charge in [0.15, 0.2) is 0 Å². The molecule has 0 aromatic carbocycles. The first-order valence-corrected chi connectivity index (χ1v) is 9.32. The van der Waals surface area contributed by atoms with Gasteiger partial charge in [0, 0.05) is 0 Å². The fourth-order valence-corrected chi connectivity index (χ4v) is 3.44. The van der Waals surface area contributed by atoms with Crippen LogP contribution in [0.1, 0.15) is 85.5 Å². The Morgan fingerprint density at radius 1 is 0.800 bits per heavy atom. The lowest BCUT2D eigenvalue weighted by molar-refractivity contribution is 0.155. The number of hydrogen-bond acceptors (Lipinski definition) is 1. The molecule has 0 unspecified atom stereocenters. The van der Waals surface area contributed by atoms with Gasteiger partial charge in [-0.2, -0.15) is 0 Å². The number of piperidine rings is 1. The zero-order valence-electron chi connectivity index (χ0n) is 14.7. The molecule has 1 rings (SSSR count). The van der Waals surface area contributed by atoms with Crippen LogP contribution >= 0.6 is 0 Å². The fraction of sp³-hybridized carbons (Fsp3) is 1.00. The Labute approximate surface area is 128 Å². The third-order valence-corrected chi connectivity index (χ3v) is 5.08. The highest BCUT2D eigenvalue weighted by Gasteiger charge is 2.20. The van der Waals surface area contributed by atoms with Gasteiger partial charge >= 0.3 is 0 Å². The summed E-state index contributed by atoms with van der Waals surface area (Å²) in [5, 5.41) is 0. The zero-order chi connectivity index (χ0) is 14.8. The SMILES string of the molecule is CC(C)CCCCCCCCN1CCC(C(C)C)CC1. The summed E-state index contributed by atoms with van der Waals surface area (Å²) in [6.45, 7) is 13.5. The van der Waals surface area contributed by atoms with Gasteiger partial charge in [-0.25, -0.2) is 0 Å². The molecule has 0 aromatic rings. The minimum absolute atomic E-state index is 0.892. The van der Waals surface area contributed by atoms with Crippen molar-refractivity contribution in [3.63, 3.8) is 0 Å². The Bertz CT molecular complexity index is 214. The van der Waals surface area contributed by atoms with Crippen molar-refractivity contribution in [1.82, 2.24) is 4.90 Å². The number of likely N-dealkylation sites (tertiary alicyclic amines) is 1. The van der Waals surface area contributed by atoms with E-state index in [4.69, 9.17) is 0 Å². The maximum atomic E-state index is 2.71. The summed E-state index contributed by atoms with van der Waals surface area (Å²) in [5.41, 5.74) is 0. The summed E-state index contributed by atoms with van der Waals surface area (Å²) in [4.78, 5) is 2.71. The molecule has 1 nitrogen and oxygen atoms in total. The number of nitrogens with zero attached hydrogens (tertiary/aromatic N) is 1. The summed E-state index contributed by atoms with van der Waals surface area (Å²) < 4.78 is 0. The van der Waals surface area contributed by atoms with Crippen LogP contribution in [0.2, 0.25) is 0 Å². The number of rotatable bonds is 10. The third-order valence-electron chi connectivity index (χ3n) is 5.08. The normalized spacial score (nSPS) is 18.3. The van der Waals surface area contributed by atoms with Gasteiger partial charge in [-0.15, -0.1) is 0 Å². The van der Waals surface area contributed by atoms with Gasteiger partial charge in [-0.05, 0) is 56.7 Å². The summed E-state index contributed by atoms with van der Waals surface area (Å²) in [7, 11) is 0. The summed E-state index contributed by atoms with van der Waals surface area (Å²) >= 11 is 0. The zero-order valence-corrected chi connectivity index (χ0v) is 14.7. The molecule has 1 aliphatic rings. The molecule has 0 atom stereocenters. The molecule has 0 N–H and O–H groups in total. The van der Waals surface area contributed by atoms with Gasteiger partial charge in [0.05, 0.1) is 0 Å². The Morgan fingerprint density at radius 3 is 1.90 bits per heavy atom. The van der Waals surface area contributed by atoms with E-state index in [1.54, 1.807) is 0 Å². The van der Waals surface area contributed by atoms with Crippen molar-refractivity contribution in [1.29, 1.82) is 0 Å². The quantitative estimate of drug-likeness (QED) is 0.461. The standard InChI is InChI=1S/C19H39N/c1-17(2)11-9-7-5-6-8-10-14-20-15-12-19(13-16-20)18(3)4/h17-19H,5-16H2,1-4H3. The lowest BCUT2D eigenvalue weighted by atomic mass is 9.87. The second-order valence-corrected chi connectivity index (χ2v) is 7.73. The molecule has 1 heteroatoms. The maximum absolute atomic E-state index is 2.71. The van der Waals surface area contributed by atoms with Crippen LogP contribution in [0.3, 0.4) is 0 Å². The van der Waals surface area contributed by atoms with Crippen LogP contribution in [0.15, 0.2) is 0 Å². The van der Waals surface area contributed by atoms with Crippen molar-refractivity contribution < 1.29 is 0 Å². The first-order valence-electron chi connectivity index (χ1n) is 9.32. The minimum Gasteiger partial charge on any atom is -0.303 e. The van der Waals surface area contributed by atoms with Crippen LogP contribution in [-0.4, -0.2) is 24.5 Å². The van der Waals surface area contributed by atoms with Crippen molar-refractivity contribution in [2.45, 2.75) is 85.5 Å². The van der Waals surface area contributed by atoms with Crippen LogP contribution in [0.4, 0.5) is 0 Å². The molecule has 0 aliphatic carbocycles. The monoisotopic (exact) mass is 281 g/mol. The van der Waals surface area contributed by atoms with Crippen molar-refractivity contribution in [2.75, 3.05) is 19.6 Å². The molecule has 20 heavy (non-hydrogen) atoms. The van der Waals surface area contributed by atoms with E-state index in [9.17, 15) is 0 Å². The van der Waals surface area contributed by atoms with Crippen LogP contribution in [0.25, 0.3) is 0 Å². The van der Waals surface area contributed by atoms with E-state index >= 15 is 0 Å². The molecule has 0 amide bonds. The predicted molar refractivity (Wildman–Crippen MR) is 91.2 cm³/mol. The molecule has 1 heterocycles. The predicted octanol–water partition coefficient (Wildman–Crippen LogP) is 5.74. The van der Waals surface area contributed by atoms with Crippen molar-refractivity contribution in [2.24, 2.45) is 17.8 Å². The molecule has 0 radical (unpaired) electrons. The van der Waals surface area contributed by atoms with E-state index in [0.29, 0.717) is 0 Å². The molecule has 1 aliphatic heterocycles. The van der Waals surface area contributed by atoms with Gasteiger partial charge in [0.2, 0.25) is 0 Å².